The Morgan fingerprint density at radius 2 is 2.47 bits per heavy atom. The topological polar surface area (TPSA) is 106 Å². The lowest BCUT2D eigenvalue weighted by atomic mass is 10.2. The zero-order valence-corrected chi connectivity index (χ0v) is 10.7. The van der Waals surface area contributed by atoms with E-state index in [9.17, 15) is 0 Å². The number of hydrogen-bond donors (Lipinski definition) is 2. The molecule has 1 atom stereocenters. The molecule has 0 aliphatic carbocycles. The van der Waals surface area contributed by atoms with E-state index in [-0.39, 0.29) is 6.10 Å². The van der Waals surface area contributed by atoms with Crippen molar-refractivity contribution in [2.45, 2.75) is 13.0 Å². The lowest BCUT2D eigenvalue weighted by Crippen LogP contribution is -2.38. The molecule has 1 fully saturated rings. The van der Waals surface area contributed by atoms with Gasteiger partial charge in [-0.25, -0.2) is 0 Å². The van der Waals surface area contributed by atoms with Crippen LogP contribution in [0.5, 0.6) is 0 Å². The minimum atomic E-state index is -0.153. The largest absolute Gasteiger partial charge is 0.383 e. The molecule has 0 radical (unpaired) electrons. The summed E-state index contributed by atoms with van der Waals surface area (Å²) in [4.78, 5) is 6.62. The number of rotatable bonds is 3. The first-order chi connectivity index (χ1) is 9.28. The van der Waals surface area contributed by atoms with Gasteiger partial charge in [-0.05, 0) is 6.54 Å². The minimum absolute atomic E-state index is 0.153. The van der Waals surface area contributed by atoms with E-state index in [1.807, 2.05) is 0 Å². The Bertz CT molecular complexity index is 551. The Kier molecular flexibility index (Phi) is 3.18. The van der Waals surface area contributed by atoms with E-state index in [1.165, 1.54) is 0 Å². The van der Waals surface area contributed by atoms with Gasteiger partial charge >= 0.3 is 0 Å². The third kappa shape index (κ3) is 2.32. The van der Waals surface area contributed by atoms with Gasteiger partial charge in [0.05, 0.1) is 12.8 Å². The Hall–Kier alpha value is -1.93. The van der Waals surface area contributed by atoms with E-state index in [0.717, 1.165) is 19.6 Å². The first-order valence-electron chi connectivity index (χ1n) is 6.24. The van der Waals surface area contributed by atoms with Crippen molar-refractivity contribution in [1.82, 2.24) is 25.2 Å². The van der Waals surface area contributed by atoms with E-state index >= 15 is 0 Å². The highest BCUT2D eigenvalue weighted by molar-refractivity contribution is 5.65. The van der Waals surface area contributed by atoms with E-state index in [0.29, 0.717) is 29.7 Å². The lowest BCUT2D eigenvalue weighted by molar-refractivity contribution is -0.0334. The number of aromatic nitrogens is 4. The Morgan fingerprint density at radius 3 is 3.21 bits per heavy atom. The summed E-state index contributed by atoms with van der Waals surface area (Å²) in [6.45, 7) is 5.49. The van der Waals surface area contributed by atoms with E-state index < -0.39 is 0 Å². The molecule has 2 aromatic heterocycles. The molecule has 102 valence electrons. The number of aromatic amines is 1. The summed E-state index contributed by atoms with van der Waals surface area (Å²) in [7, 11) is 0. The fourth-order valence-corrected chi connectivity index (χ4v) is 2.09. The van der Waals surface area contributed by atoms with Gasteiger partial charge in [0.2, 0.25) is 5.82 Å². The average molecular weight is 264 g/mol. The van der Waals surface area contributed by atoms with Crippen LogP contribution < -0.4 is 5.73 Å². The summed E-state index contributed by atoms with van der Waals surface area (Å²) in [6.07, 6.45) is 1.41. The molecule has 0 amide bonds. The molecule has 3 N–H and O–H groups in total. The standard InChI is InChI=1S/C11H16N6O2/c1-2-17-3-4-18-8(6-17)10-14-11(19-16-10)7-5-13-15-9(7)12/h5,8H,2-4,6H2,1H3,(H3,12,13,15). The van der Waals surface area contributed by atoms with E-state index in [2.05, 4.69) is 32.2 Å². The molecule has 1 saturated heterocycles. The summed E-state index contributed by atoms with van der Waals surface area (Å²) in [5.74, 6) is 1.32. The molecule has 0 aromatic carbocycles. The van der Waals surface area contributed by atoms with Crippen molar-refractivity contribution in [1.29, 1.82) is 0 Å². The fraction of sp³-hybridized carbons (Fsp3) is 0.545. The second kappa shape index (κ2) is 4.98. The van der Waals surface area contributed by atoms with Gasteiger partial charge in [0, 0.05) is 13.1 Å². The fourth-order valence-electron chi connectivity index (χ4n) is 2.09. The van der Waals surface area contributed by atoms with Crippen LogP contribution >= 0.6 is 0 Å². The van der Waals surface area contributed by atoms with Crippen molar-refractivity contribution in [3.8, 4) is 11.5 Å². The van der Waals surface area contributed by atoms with Crippen LogP contribution in [0.4, 0.5) is 5.82 Å². The van der Waals surface area contributed by atoms with Gasteiger partial charge in [0.15, 0.2) is 0 Å². The number of nitrogens with two attached hydrogens (primary N) is 1. The van der Waals surface area contributed by atoms with Crippen LogP contribution in [0.25, 0.3) is 11.5 Å². The van der Waals surface area contributed by atoms with Crippen molar-refractivity contribution in [2.24, 2.45) is 0 Å². The second-order valence-electron chi connectivity index (χ2n) is 4.41. The normalized spacial score (nSPS) is 20.8. The van der Waals surface area contributed by atoms with Crippen LogP contribution in [-0.2, 0) is 4.74 Å². The first-order valence-corrected chi connectivity index (χ1v) is 6.24. The highest BCUT2D eigenvalue weighted by Gasteiger charge is 2.26. The van der Waals surface area contributed by atoms with Gasteiger partial charge in [-0.1, -0.05) is 12.1 Å². The molecular weight excluding hydrogens is 248 g/mol. The highest BCUT2D eigenvalue weighted by atomic mass is 16.5. The first kappa shape index (κ1) is 12.1. The van der Waals surface area contributed by atoms with Gasteiger partial charge in [0.25, 0.3) is 5.89 Å². The van der Waals surface area contributed by atoms with Crippen molar-refractivity contribution in [3.05, 3.63) is 12.0 Å². The Labute approximate surface area is 109 Å². The molecule has 1 unspecified atom stereocenters. The number of nitrogen functional groups attached to an aromatic ring is 1. The summed E-state index contributed by atoms with van der Waals surface area (Å²) >= 11 is 0. The number of ether oxygens (including phenoxy) is 1. The monoisotopic (exact) mass is 264 g/mol. The molecule has 1 aliphatic heterocycles. The zero-order chi connectivity index (χ0) is 13.2. The number of morpholine rings is 1. The summed E-state index contributed by atoms with van der Waals surface area (Å²) < 4.78 is 10.9. The summed E-state index contributed by atoms with van der Waals surface area (Å²) in [5.41, 5.74) is 6.33. The quantitative estimate of drug-likeness (QED) is 0.828. The van der Waals surface area contributed by atoms with Crippen molar-refractivity contribution in [3.63, 3.8) is 0 Å². The maximum absolute atomic E-state index is 5.72. The van der Waals surface area contributed by atoms with Gasteiger partial charge < -0.3 is 15.0 Å². The number of nitrogens with zero attached hydrogens (tertiary/aromatic N) is 4. The predicted octanol–water partition coefficient (Wildman–Crippen LogP) is 0.435. The maximum atomic E-state index is 5.72. The SMILES string of the molecule is CCN1CCOC(c2noc(-c3cn[nH]c3N)n2)C1. The molecule has 3 heterocycles. The van der Waals surface area contributed by atoms with Crippen LogP contribution in [0.15, 0.2) is 10.7 Å². The molecule has 3 rings (SSSR count). The third-order valence-electron chi connectivity index (χ3n) is 3.23. The van der Waals surface area contributed by atoms with Gasteiger partial charge in [0.1, 0.15) is 17.5 Å². The molecule has 0 saturated carbocycles. The van der Waals surface area contributed by atoms with Crippen LogP contribution in [-0.4, -0.2) is 51.5 Å². The molecule has 8 heteroatoms. The van der Waals surface area contributed by atoms with Crippen LogP contribution in [0.3, 0.4) is 0 Å². The van der Waals surface area contributed by atoms with E-state index in [1.54, 1.807) is 6.20 Å². The van der Waals surface area contributed by atoms with Crippen LogP contribution in [0, 0.1) is 0 Å². The molecule has 2 aromatic rings. The van der Waals surface area contributed by atoms with Crippen molar-refractivity contribution >= 4 is 5.82 Å². The molecular formula is C11H16N6O2. The van der Waals surface area contributed by atoms with Crippen LogP contribution in [0.1, 0.15) is 18.9 Å². The molecule has 8 nitrogen and oxygen atoms in total. The van der Waals surface area contributed by atoms with Gasteiger partial charge in [-0.3, -0.25) is 10.00 Å². The molecule has 0 bridgehead atoms. The second-order valence-corrected chi connectivity index (χ2v) is 4.41. The summed E-state index contributed by atoms with van der Waals surface area (Å²) in [6, 6.07) is 0. The average Bonchev–Trinajstić information content (AvgIpc) is 3.07. The minimum Gasteiger partial charge on any atom is -0.383 e. The van der Waals surface area contributed by atoms with Gasteiger partial charge in [-0.15, -0.1) is 0 Å². The molecule has 19 heavy (non-hydrogen) atoms. The third-order valence-corrected chi connectivity index (χ3v) is 3.23. The van der Waals surface area contributed by atoms with E-state index in [4.69, 9.17) is 15.0 Å². The molecule has 0 spiro atoms. The number of hydrogen-bond acceptors (Lipinski definition) is 7. The number of nitrogens with one attached hydrogen (secondary N) is 1. The van der Waals surface area contributed by atoms with Gasteiger partial charge in [-0.2, -0.15) is 10.1 Å². The van der Waals surface area contributed by atoms with Crippen molar-refractivity contribution in [2.75, 3.05) is 32.0 Å². The lowest BCUT2D eigenvalue weighted by Gasteiger charge is -2.30. The highest BCUT2D eigenvalue weighted by Crippen LogP contribution is 2.25. The number of H-pyrrole nitrogens is 1. The maximum Gasteiger partial charge on any atom is 0.263 e. The van der Waals surface area contributed by atoms with Crippen LogP contribution in [0.2, 0.25) is 0 Å². The summed E-state index contributed by atoms with van der Waals surface area (Å²) in [5, 5.41) is 10.4. The Morgan fingerprint density at radius 1 is 1.58 bits per heavy atom. The zero-order valence-electron chi connectivity index (χ0n) is 10.7. The van der Waals surface area contributed by atoms with Crippen molar-refractivity contribution < 1.29 is 9.26 Å². The Balaban J connectivity index is 1.79. The smallest absolute Gasteiger partial charge is 0.263 e. The number of likely N-dealkylation sites (N-methyl/N-ethyl adjacent to an activating group) is 1. The number of anilines is 1. The molecule has 1 aliphatic rings. The predicted molar refractivity (Wildman–Crippen MR) is 67.1 cm³/mol.